The lowest BCUT2D eigenvalue weighted by Crippen LogP contribution is -2.18. The van der Waals surface area contributed by atoms with Gasteiger partial charge in [0.25, 0.3) is 0 Å². The molecule has 162 valence electrons. The monoisotopic (exact) mass is 462 g/mol. The van der Waals surface area contributed by atoms with Gasteiger partial charge in [0.05, 0.1) is 10.6 Å². The van der Waals surface area contributed by atoms with Crippen molar-refractivity contribution in [1.82, 2.24) is 4.57 Å². The summed E-state index contributed by atoms with van der Waals surface area (Å²) >= 11 is 5.90. The van der Waals surface area contributed by atoms with Crippen LogP contribution in [0.4, 0.5) is 4.39 Å². The van der Waals surface area contributed by atoms with Crippen molar-refractivity contribution in [3.8, 4) is 0 Å². The highest BCUT2D eigenvalue weighted by atomic mass is 35.5. The van der Waals surface area contributed by atoms with Gasteiger partial charge in [-0.1, -0.05) is 35.0 Å². The molecule has 1 N–H and O–H groups in total. The van der Waals surface area contributed by atoms with E-state index in [1.165, 1.54) is 53.2 Å². The molecule has 6 nitrogen and oxygen atoms in total. The Hall–Kier alpha value is -2.97. The number of aryl methyl sites for hydroxylation is 1. The Morgan fingerprint density at radius 2 is 1.94 bits per heavy atom. The lowest BCUT2D eigenvalue weighted by molar-refractivity contribution is 0.317. The van der Waals surface area contributed by atoms with Crippen LogP contribution >= 0.6 is 11.6 Å². The molecule has 31 heavy (non-hydrogen) atoms. The Morgan fingerprint density at radius 3 is 2.55 bits per heavy atom. The van der Waals surface area contributed by atoms with Gasteiger partial charge in [0.1, 0.15) is 5.82 Å². The second-order valence-electron chi connectivity index (χ2n) is 7.18. The van der Waals surface area contributed by atoms with Crippen LogP contribution in [0.25, 0.3) is 0 Å². The van der Waals surface area contributed by atoms with E-state index in [0.717, 1.165) is 6.26 Å². The molecule has 0 amide bonds. The van der Waals surface area contributed by atoms with Gasteiger partial charge in [-0.15, -0.1) is 0 Å². The average molecular weight is 463 g/mol. The third-order valence-corrected chi connectivity index (χ3v) is 6.31. The maximum Gasteiger partial charge on any atom is 0.250 e. The van der Waals surface area contributed by atoms with Gasteiger partial charge in [-0.25, -0.2) is 12.8 Å². The Morgan fingerprint density at radius 1 is 1.19 bits per heavy atom. The van der Waals surface area contributed by atoms with E-state index in [-0.39, 0.29) is 33.2 Å². The average Bonchev–Trinajstić information content (AvgIpc) is 2.71. The smallest absolute Gasteiger partial charge is 0.250 e. The third-order valence-electron chi connectivity index (χ3n) is 4.96. The summed E-state index contributed by atoms with van der Waals surface area (Å²) in [7, 11) is -1.92. The zero-order valence-corrected chi connectivity index (χ0v) is 18.4. The quantitative estimate of drug-likeness (QED) is 0.341. The van der Waals surface area contributed by atoms with Crippen molar-refractivity contribution in [3.05, 3.63) is 98.7 Å². The summed E-state index contributed by atoms with van der Waals surface area (Å²) in [5, 5.41) is 13.3. The first-order valence-corrected chi connectivity index (χ1v) is 11.5. The van der Waals surface area contributed by atoms with Crippen LogP contribution in [0.15, 0.2) is 75.6 Å². The molecular formula is C22H20ClFN2O4S. The first-order chi connectivity index (χ1) is 14.6. The Kier molecular flexibility index (Phi) is 6.62. The molecule has 1 unspecified atom stereocenters. The summed E-state index contributed by atoms with van der Waals surface area (Å²) in [6, 6.07) is 13.3. The molecule has 1 aromatic heterocycles. The first kappa shape index (κ1) is 22.7. The van der Waals surface area contributed by atoms with Gasteiger partial charge in [-0.2, -0.15) is 0 Å². The van der Waals surface area contributed by atoms with Gasteiger partial charge in [0.15, 0.2) is 9.84 Å². The van der Waals surface area contributed by atoms with Crippen LogP contribution < -0.4 is 5.56 Å². The highest BCUT2D eigenvalue weighted by Crippen LogP contribution is 2.33. The summed E-state index contributed by atoms with van der Waals surface area (Å²) in [5.41, 5.74) is 1.24. The molecule has 3 aromatic rings. The summed E-state index contributed by atoms with van der Waals surface area (Å²) in [6.07, 6.45) is 2.65. The minimum absolute atomic E-state index is 0.0421. The van der Waals surface area contributed by atoms with Crippen molar-refractivity contribution >= 4 is 27.1 Å². The topological polar surface area (TPSA) is 88.7 Å². The molecular weight excluding hydrogens is 443 g/mol. The van der Waals surface area contributed by atoms with Crippen molar-refractivity contribution in [1.29, 1.82) is 0 Å². The largest absolute Gasteiger partial charge is 0.411 e. The predicted molar refractivity (Wildman–Crippen MR) is 117 cm³/mol. The number of rotatable bonds is 6. The Bertz CT molecular complexity index is 1320. The van der Waals surface area contributed by atoms with Crippen molar-refractivity contribution < 1.29 is 18.0 Å². The van der Waals surface area contributed by atoms with Gasteiger partial charge in [0, 0.05) is 48.5 Å². The van der Waals surface area contributed by atoms with Gasteiger partial charge in [-0.05, 0) is 41.5 Å². The zero-order chi connectivity index (χ0) is 22.8. The molecule has 0 saturated carbocycles. The second kappa shape index (κ2) is 9.03. The SMILES string of the molecule is Cn1cc(/C(CC(c2cccc(S(C)(=O)=O)c2)c2ccc(Cl)cc2F)=N/O)ccc1=O. The van der Waals surface area contributed by atoms with E-state index in [0.29, 0.717) is 11.1 Å². The third kappa shape index (κ3) is 5.21. The fraction of sp³-hybridized carbons (Fsp3) is 0.182. The summed E-state index contributed by atoms with van der Waals surface area (Å²) in [5.74, 6) is -1.25. The van der Waals surface area contributed by atoms with Gasteiger partial charge in [0.2, 0.25) is 5.56 Å². The van der Waals surface area contributed by atoms with E-state index in [2.05, 4.69) is 5.16 Å². The summed E-state index contributed by atoms with van der Waals surface area (Å²) in [6.45, 7) is 0. The molecule has 0 radical (unpaired) electrons. The number of benzene rings is 2. The maximum atomic E-state index is 14.8. The Balaban J connectivity index is 2.14. The van der Waals surface area contributed by atoms with E-state index in [4.69, 9.17) is 11.6 Å². The number of hydrogen-bond acceptors (Lipinski definition) is 5. The van der Waals surface area contributed by atoms with Crippen LogP contribution in [0.5, 0.6) is 0 Å². The highest BCUT2D eigenvalue weighted by Gasteiger charge is 2.23. The van der Waals surface area contributed by atoms with Crippen molar-refractivity contribution in [2.75, 3.05) is 6.26 Å². The molecule has 0 spiro atoms. The number of halogens is 2. The number of hydrogen-bond donors (Lipinski definition) is 1. The second-order valence-corrected chi connectivity index (χ2v) is 9.63. The lowest BCUT2D eigenvalue weighted by Gasteiger charge is -2.20. The zero-order valence-electron chi connectivity index (χ0n) is 16.8. The summed E-state index contributed by atoms with van der Waals surface area (Å²) in [4.78, 5) is 11.8. The molecule has 9 heteroatoms. The van der Waals surface area contributed by atoms with Crippen LogP contribution in [0.1, 0.15) is 29.0 Å². The summed E-state index contributed by atoms with van der Waals surface area (Å²) < 4.78 is 40.3. The van der Waals surface area contributed by atoms with E-state index in [1.807, 2.05) is 0 Å². The van der Waals surface area contributed by atoms with Crippen LogP contribution in [0, 0.1) is 5.82 Å². The number of oxime groups is 1. The van der Waals surface area contributed by atoms with Crippen LogP contribution in [0.2, 0.25) is 5.02 Å². The molecule has 3 rings (SSSR count). The van der Waals surface area contributed by atoms with Gasteiger partial charge >= 0.3 is 0 Å². The number of aromatic nitrogens is 1. The molecule has 0 bridgehead atoms. The molecule has 0 aliphatic carbocycles. The standard InChI is InChI=1S/C22H20ClFN2O4S/c1-26-13-15(6-9-22(26)27)21(25-28)12-19(18-8-7-16(23)11-20(18)24)14-4-3-5-17(10-14)31(2,29)30/h3-11,13,19,28H,12H2,1-2H3/b25-21+. The minimum Gasteiger partial charge on any atom is -0.411 e. The molecule has 1 atom stereocenters. The van der Waals surface area contributed by atoms with E-state index in [1.54, 1.807) is 19.2 Å². The van der Waals surface area contributed by atoms with Gasteiger partial charge < -0.3 is 9.77 Å². The normalized spacial score (nSPS) is 13.2. The Labute approximate surface area is 184 Å². The number of pyridine rings is 1. The first-order valence-electron chi connectivity index (χ1n) is 9.23. The molecule has 0 aliphatic rings. The predicted octanol–water partition coefficient (Wildman–Crippen LogP) is 3.98. The fourth-order valence-electron chi connectivity index (χ4n) is 3.33. The van der Waals surface area contributed by atoms with Crippen LogP contribution in [-0.2, 0) is 16.9 Å². The van der Waals surface area contributed by atoms with Crippen molar-refractivity contribution in [2.24, 2.45) is 12.2 Å². The van der Waals surface area contributed by atoms with Crippen LogP contribution in [0.3, 0.4) is 0 Å². The lowest BCUT2D eigenvalue weighted by atomic mass is 9.85. The molecule has 0 aliphatic heterocycles. The van der Waals surface area contributed by atoms with Crippen molar-refractivity contribution in [2.45, 2.75) is 17.2 Å². The van der Waals surface area contributed by atoms with Gasteiger partial charge in [-0.3, -0.25) is 4.79 Å². The van der Waals surface area contributed by atoms with E-state index < -0.39 is 21.6 Å². The van der Waals surface area contributed by atoms with Crippen molar-refractivity contribution in [3.63, 3.8) is 0 Å². The minimum atomic E-state index is -3.49. The maximum absolute atomic E-state index is 14.8. The van der Waals surface area contributed by atoms with E-state index >= 15 is 0 Å². The molecule has 0 saturated heterocycles. The molecule has 1 heterocycles. The number of nitrogens with zero attached hydrogens (tertiary/aromatic N) is 2. The molecule has 0 fully saturated rings. The highest BCUT2D eigenvalue weighted by molar-refractivity contribution is 7.90. The van der Waals surface area contributed by atoms with E-state index in [9.17, 15) is 22.8 Å². The fourth-order valence-corrected chi connectivity index (χ4v) is 4.16. The van der Waals surface area contributed by atoms with Crippen LogP contribution in [-0.4, -0.2) is 30.2 Å². The molecule has 2 aromatic carbocycles. The number of sulfone groups is 1.